The average Bonchev–Trinajstić information content (AvgIpc) is 2.40. The lowest BCUT2D eigenvalue weighted by molar-refractivity contribution is 0.0629. The number of aliphatic hydroxyl groups excluding tert-OH is 1. The Balaban J connectivity index is 1.83. The maximum Gasteiger partial charge on any atom is 0.0682 e. The van der Waals surface area contributed by atoms with E-state index in [0.717, 1.165) is 30.4 Å². The van der Waals surface area contributed by atoms with Gasteiger partial charge < -0.3 is 15.2 Å². The molecule has 0 aromatic heterocycles. The maximum absolute atomic E-state index is 9.12. The van der Waals surface area contributed by atoms with Crippen LogP contribution < -0.4 is 5.32 Å². The van der Waals surface area contributed by atoms with Crippen molar-refractivity contribution in [2.45, 2.75) is 38.8 Å². The Morgan fingerprint density at radius 1 is 1.39 bits per heavy atom. The van der Waals surface area contributed by atoms with Crippen LogP contribution in [0.2, 0.25) is 0 Å². The van der Waals surface area contributed by atoms with E-state index in [4.69, 9.17) is 9.84 Å². The van der Waals surface area contributed by atoms with E-state index in [0.29, 0.717) is 6.04 Å². The molecular formula is C15H23NO2. The summed E-state index contributed by atoms with van der Waals surface area (Å²) in [6.45, 7) is 4.15. The highest BCUT2D eigenvalue weighted by molar-refractivity contribution is 5.46. The van der Waals surface area contributed by atoms with Crippen molar-refractivity contribution in [2.24, 2.45) is 5.92 Å². The van der Waals surface area contributed by atoms with Gasteiger partial charge in [0.2, 0.25) is 0 Å². The van der Waals surface area contributed by atoms with E-state index in [1.54, 1.807) is 0 Å². The van der Waals surface area contributed by atoms with E-state index >= 15 is 0 Å². The van der Waals surface area contributed by atoms with Crippen molar-refractivity contribution in [3.8, 4) is 0 Å². The third-order valence-corrected chi connectivity index (χ3v) is 3.55. The number of benzene rings is 1. The molecule has 1 aliphatic rings. The fourth-order valence-corrected chi connectivity index (χ4v) is 2.59. The van der Waals surface area contributed by atoms with Crippen molar-refractivity contribution in [3.63, 3.8) is 0 Å². The van der Waals surface area contributed by atoms with Crippen molar-refractivity contribution in [2.75, 3.05) is 18.5 Å². The van der Waals surface area contributed by atoms with Gasteiger partial charge in [0.05, 0.1) is 6.61 Å². The molecule has 0 unspecified atom stereocenters. The van der Waals surface area contributed by atoms with Gasteiger partial charge in [0.1, 0.15) is 0 Å². The first kappa shape index (κ1) is 13.4. The first-order chi connectivity index (χ1) is 8.78. The molecule has 0 spiro atoms. The van der Waals surface area contributed by atoms with Crippen LogP contribution in [0.4, 0.5) is 5.69 Å². The molecule has 3 nitrogen and oxygen atoms in total. The predicted octanol–water partition coefficient (Wildman–Crippen LogP) is 2.80. The first-order valence-corrected chi connectivity index (χ1v) is 6.82. The Hall–Kier alpha value is -1.06. The Bertz CT molecular complexity index is 361. The van der Waals surface area contributed by atoms with E-state index in [1.165, 1.54) is 19.3 Å². The monoisotopic (exact) mass is 249 g/mol. The van der Waals surface area contributed by atoms with Gasteiger partial charge in [0.25, 0.3) is 0 Å². The summed E-state index contributed by atoms with van der Waals surface area (Å²) >= 11 is 0. The summed E-state index contributed by atoms with van der Waals surface area (Å²) in [7, 11) is 0. The number of aliphatic hydroxyl groups is 1. The zero-order chi connectivity index (χ0) is 12.8. The molecule has 2 rings (SSSR count). The number of hydrogen-bond donors (Lipinski definition) is 2. The van der Waals surface area contributed by atoms with Gasteiger partial charge in [-0.05, 0) is 49.8 Å². The van der Waals surface area contributed by atoms with Gasteiger partial charge in [-0.2, -0.15) is 0 Å². The van der Waals surface area contributed by atoms with E-state index in [9.17, 15) is 0 Å². The smallest absolute Gasteiger partial charge is 0.0682 e. The fraction of sp³-hybridized carbons (Fsp3) is 0.600. The van der Waals surface area contributed by atoms with E-state index < -0.39 is 0 Å². The molecule has 0 amide bonds. The molecular weight excluding hydrogens is 226 g/mol. The lowest BCUT2D eigenvalue weighted by Crippen LogP contribution is -2.24. The first-order valence-electron chi connectivity index (χ1n) is 6.82. The highest BCUT2D eigenvalue weighted by Gasteiger charge is 2.16. The van der Waals surface area contributed by atoms with Crippen LogP contribution in [-0.4, -0.2) is 24.4 Å². The van der Waals surface area contributed by atoms with Gasteiger partial charge in [-0.25, -0.2) is 0 Å². The Morgan fingerprint density at radius 2 is 2.17 bits per heavy atom. The molecule has 1 heterocycles. The van der Waals surface area contributed by atoms with Crippen molar-refractivity contribution in [1.82, 2.24) is 0 Å². The predicted molar refractivity (Wildman–Crippen MR) is 73.6 cm³/mol. The molecule has 1 aliphatic heterocycles. The quantitative estimate of drug-likeness (QED) is 0.843. The zero-order valence-corrected chi connectivity index (χ0v) is 11.1. The van der Waals surface area contributed by atoms with Gasteiger partial charge in [0, 0.05) is 24.9 Å². The Labute approximate surface area is 109 Å². The van der Waals surface area contributed by atoms with Gasteiger partial charge >= 0.3 is 0 Å². The number of ether oxygens (including phenoxy) is 1. The topological polar surface area (TPSA) is 41.5 Å². The molecule has 0 aliphatic carbocycles. The number of rotatable bonds is 5. The van der Waals surface area contributed by atoms with Crippen LogP contribution in [0, 0.1) is 5.92 Å². The molecule has 1 fully saturated rings. The van der Waals surface area contributed by atoms with Crippen LogP contribution >= 0.6 is 0 Å². The SMILES string of the molecule is C[C@H](CC1CCOCC1)Nc1cccc(CO)c1. The van der Waals surface area contributed by atoms with Crippen LogP contribution in [0.25, 0.3) is 0 Å². The van der Waals surface area contributed by atoms with Crippen LogP contribution in [0.1, 0.15) is 31.7 Å². The largest absolute Gasteiger partial charge is 0.392 e. The Morgan fingerprint density at radius 3 is 2.89 bits per heavy atom. The molecule has 3 heteroatoms. The van der Waals surface area contributed by atoms with Gasteiger partial charge in [-0.3, -0.25) is 0 Å². The van der Waals surface area contributed by atoms with Crippen LogP contribution in [-0.2, 0) is 11.3 Å². The summed E-state index contributed by atoms with van der Waals surface area (Å²) in [4.78, 5) is 0. The van der Waals surface area contributed by atoms with Crippen molar-refractivity contribution >= 4 is 5.69 Å². The molecule has 2 N–H and O–H groups in total. The number of hydrogen-bond acceptors (Lipinski definition) is 3. The minimum Gasteiger partial charge on any atom is -0.392 e. The van der Waals surface area contributed by atoms with Crippen molar-refractivity contribution < 1.29 is 9.84 Å². The maximum atomic E-state index is 9.12. The van der Waals surface area contributed by atoms with Crippen LogP contribution in [0.5, 0.6) is 0 Å². The second kappa shape index (κ2) is 6.76. The van der Waals surface area contributed by atoms with E-state index in [-0.39, 0.29) is 6.61 Å². The fourth-order valence-electron chi connectivity index (χ4n) is 2.59. The average molecular weight is 249 g/mol. The summed E-state index contributed by atoms with van der Waals surface area (Å²) in [5.41, 5.74) is 2.05. The molecule has 0 bridgehead atoms. The lowest BCUT2D eigenvalue weighted by atomic mass is 9.93. The summed E-state index contributed by atoms with van der Waals surface area (Å²) in [5, 5.41) is 12.6. The number of nitrogens with one attached hydrogen (secondary N) is 1. The molecule has 18 heavy (non-hydrogen) atoms. The summed E-state index contributed by atoms with van der Waals surface area (Å²) in [6, 6.07) is 8.45. The molecule has 1 saturated heterocycles. The third kappa shape index (κ3) is 4.00. The van der Waals surface area contributed by atoms with Crippen molar-refractivity contribution in [3.05, 3.63) is 29.8 Å². The molecule has 1 aromatic rings. The van der Waals surface area contributed by atoms with Gasteiger partial charge in [-0.1, -0.05) is 12.1 Å². The molecule has 0 saturated carbocycles. The normalized spacial score (nSPS) is 18.6. The summed E-state index contributed by atoms with van der Waals surface area (Å²) in [6.07, 6.45) is 3.55. The summed E-state index contributed by atoms with van der Waals surface area (Å²) in [5.74, 6) is 0.780. The number of anilines is 1. The molecule has 1 atom stereocenters. The van der Waals surface area contributed by atoms with Crippen molar-refractivity contribution in [1.29, 1.82) is 0 Å². The highest BCUT2D eigenvalue weighted by Crippen LogP contribution is 2.22. The van der Waals surface area contributed by atoms with Crippen LogP contribution in [0.15, 0.2) is 24.3 Å². The Kier molecular flexibility index (Phi) is 5.02. The van der Waals surface area contributed by atoms with E-state index in [2.05, 4.69) is 18.3 Å². The second-order valence-corrected chi connectivity index (χ2v) is 5.20. The van der Waals surface area contributed by atoms with Gasteiger partial charge in [-0.15, -0.1) is 0 Å². The molecule has 1 aromatic carbocycles. The standard InChI is InChI=1S/C15H23NO2/c1-12(9-13-5-7-18-8-6-13)16-15-4-2-3-14(10-15)11-17/h2-4,10,12-13,16-17H,5-9,11H2,1H3/t12-/m1/s1. The lowest BCUT2D eigenvalue weighted by Gasteiger charge is -2.26. The minimum atomic E-state index is 0.101. The zero-order valence-electron chi connectivity index (χ0n) is 11.1. The molecule has 100 valence electrons. The van der Waals surface area contributed by atoms with E-state index in [1.807, 2.05) is 18.2 Å². The minimum absolute atomic E-state index is 0.101. The van der Waals surface area contributed by atoms with Crippen LogP contribution in [0.3, 0.4) is 0 Å². The van der Waals surface area contributed by atoms with Gasteiger partial charge in [0.15, 0.2) is 0 Å². The molecule has 0 radical (unpaired) electrons. The summed E-state index contributed by atoms with van der Waals surface area (Å²) < 4.78 is 5.38. The highest BCUT2D eigenvalue weighted by atomic mass is 16.5. The second-order valence-electron chi connectivity index (χ2n) is 5.20. The third-order valence-electron chi connectivity index (χ3n) is 3.55.